The lowest BCUT2D eigenvalue weighted by molar-refractivity contribution is -0.123. The van der Waals surface area contributed by atoms with Crippen LogP contribution in [0.5, 0.6) is 0 Å². The second kappa shape index (κ2) is 7.03. The molecular weight excluding hydrogens is 284 g/mol. The number of hydrogen-bond acceptors (Lipinski definition) is 4. The first-order valence-corrected chi connectivity index (χ1v) is 6.49. The van der Waals surface area contributed by atoms with Crippen molar-refractivity contribution < 1.29 is 19.1 Å². The highest BCUT2D eigenvalue weighted by atomic mass is 16.5. The number of hydrogen-bond donors (Lipinski definition) is 2. The van der Waals surface area contributed by atoms with Gasteiger partial charge in [-0.3, -0.25) is 10.1 Å². The third kappa shape index (κ3) is 3.92. The predicted octanol–water partition coefficient (Wildman–Crippen LogP) is 1.71. The molecule has 112 valence electrons. The Hall–Kier alpha value is -3.15. The van der Waals surface area contributed by atoms with E-state index in [9.17, 15) is 14.4 Å². The Bertz CT molecular complexity index is 698. The van der Waals surface area contributed by atoms with Gasteiger partial charge in [0.15, 0.2) is 6.61 Å². The molecule has 0 aliphatic carbocycles. The summed E-state index contributed by atoms with van der Waals surface area (Å²) in [7, 11) is 0. The van der Waals surface area contributed by atoms with Crippen LogP contribution in [0.2, 0.25) is 0 Å². The Morgan fingerprint density at radius 1 is 0.955 bits per heavy atom. The molecule has 6 heteroatoms. The van der Waals surface area contributed by atoms with E-state index in [-0.39, 0.29) is 0 Å². The van der Waals surface area contributed by atoms with Crippen LogP contribution >= 0.6 is 0 Å². The predicted molar refractivity (Wildman–Crippen MR) is 79.9 cm³/mol. The van der Waals surface area contributed by atoms with Crippen LogP contribution in [0.15, 0.2) is 54.6 Å². The van der Waals surface area contributed by atoms with Crippen molar-refractivity contribution in [1.82, 2.24) is 5.32 Å². The summed E-state index contributed by atoms with van der Waals surface area (Å²) >= 11 is 0. The fraction of sp³-hybridized carbons (Fsp3) is 0.0625. The average molecular weight is 298 g/mol. The van der Waals surface area contributed by atoms with Crippen LogP contribution in [-0.4, -0.2) is 24.5 Å². The fourth-order valence-corrected chi connectivity index (χ4v) is 1.91. The van der Waals surface area contributed by atoms with Crippen molar-refractivity contribution in [2.75, 3.05) is 6.61 Å². The lowest BCUT2D eigenvalue weighted by Crippen LogP contribution is -2.37. The van der Waals surface area contributed by atoms with Crippen molar-refractivity contribution in [2.45, 2.75) is 0 Å². The van der Waals surface area contributed by atoms with Crippen LogP contribution in [0.4, 0.5) is 4.79 Å². The topological polar surface area (TPSA) is 98.5 Å². The maximum Gasteiger partial charge on any atom is 0.339 e. The number of esters is 1. The summed E-state index contributed by atoms with van der Waals surface area (Å²) in [6.45, 7) is -0.578. The van der Waals surface area contributed by atoms with Gasteiger partial charge in [-0.15, -0.1) is 0 Å². The molecule has 0 unspecified atom stereocenters. The van der Waals surface area contributed by atoms with E-state index in [0.717, 1.165) is 5.56 Å². The lowest BCUT2D eigenvalue weighted by Gasteiger charge is -2.09. The summed E-state index contributed by atoms with van der Waals surface area (Å²) in [6, 6.07) is 15.2. The molecular formula is C16H14N2O4. The Labute approximate surface area is 126 Å². The molecule has 0 saturated heterocycles. The molecule has 2 aromatic carbocycles. The number of ether oxygens (including phenoxy) is 1. The van der Waals surface area contributed by atoms with E-state index in [1.807, 2.05) is 35.6 Å². The third-order valence-corrected chi connectivity index (χ3v) is 2.83. The van der Waals surface area contributed by atoms with Crippen molar-refractivity contribution in [3.63, 3.8) is 0 Å². The fourth-order valence-electron chi connectivity index (χ4n) is 1.91. The Morgan fingerprint density at radius 3 is 2.27 bits per heavy atom. The van der Waals surface area contributed by atoms with E-state index in [0.29, 0.717) is 11.1 Å². The van der Waals surface area contributed by atoms with Crippen LogP contribution in [-0.2, 0) is 9.53 Å². The molecule has 2 aromatic rings. The number of amides is 3. The number of nitrogens with one attached hydrogen (secondary N) is 1. The molecule has 0 aliphatic rings. The smallest absolute Gasteiger partial charge is 0.339 e. The summed E-state index contributed by atoms with van der Waals surface area (Å²) < 4.78 is 4.89. The van der Waals surface area contributed by atoms with Crippen molar-refractivity contribution in [3.8, 4) is 11.1 Å². The molecule has 0 spiro atoms. The second-order valence-electron chi connectivity index (χ2n) is 4.40. The average Bonchev–Trinajstić information content (AvgIpc) is 2.53. The second-order valence-corrected chi connectivity index (χ2v) is 4.40. The van der Waals surface area contributed by atoms with E-state index < -0.39 is 24.5 Å². The molecule has 0 bridgehead atoms. The van der Waals surface area contributed by atoms with Crippen LogP contribution in [0, 0.1) is 0 Å². The van der Waals surface area contributed by atoms with E-state index in [1.54, 1.807) is 24.3 Å². The SMILES string of the molecule is NC(=O)NC(=O)COC(=O)c1ccccc1-c1ccccc1. The monoisotopic (exact) mass is 298 g/mol. The van der Waals surface area contributed by atoms with Gasteiger partial charge in [0.2, 0.25) is 0 Å². The zero-order valence-corrected chi connectivity index (χ0v) is 11.6. The van der Waals surface area contributed by atoms with E-state index in [1.165, 1.54) is 0 Å². The number of rotatable bonds is 4. The van der Waals surface area contributed by atoms with Crippen LogP contribution in [0.3, 0.4) is 0 Å². The van der Waals surface area contributed by atoms with Gasteiger partial charge in [0.05, 0.1) is 5.56 Å². The Kier molecular flexibility index (Phi) is 4.87. The molecule has 0 saturated carbocycles. The van der Waals surface area contributed by atoms with Crippen molar-refractivity contribution in [3.05, 3.63) is 60.2 Å². The number of benzene rings is 2. The number of carbonyl (C=O) groups excluding carboxylic acids is 3. The van der Waals surface area contributed by atoms with Gasteiger partial charge in [0.25, 0.3) is 5.91 Å². The first kappa shape index (κ1) is 15.2. The quantitative estimate of drug-likeness (QED) is 0.839. The van der Waals surface area contributed by atoms with Crippen molar-refractivity contribution in [2.24, 2.45) is 5.73 Å². The van der Waals surface area contributed by atoms with Crippen molar-refractivity contribution >= 4 is 17.9 Å². The number of primary amides is 1. The summed E-state index contributed by atoms with van der Waals surface area (Å²) in [5.74, 6) is -1.43. The molecule has 0 fully saturated rings. The summed E-state index contributed by atoms with van der Waals surface area (Å²) in [4.78, 5) is 33.9. The first-order valence-electron chi connectivity index (χ1n) is 6.49. The minimum absolute atomic E-state index is 0.334. The van der Waals surface area contributed by atoms with Gasteiger partial charge in [-0.2, -0.15) is 0 Å². The van der Waals surface area contributed by atoms with Crippen LogP contribution in [0.1, 0.15) is 10.4 Å². The van der Waals surface area contributed by atoms with Crippen LogP contribution in [0.25, 0.3) is 11.1 Å². The molecule has 0 atom stereocenters. The highest BCUT2D eigenvalue weighted by Crippen LogP contribution is 2.23. The molecule has 0 radical (unpaired) electrons. The van der Waals surface area contributed by atoms with E-state index in [4.69, 9.17) is 10.5 Å². The molecule has 2 rings (SSSR count). The van der Waals surface area contributed by atoms with Gasteiger partial charge >= 0.3 is 12.0 Å². The summed E-state index contributed by atoms with van der Waals surface area (Å²) in [5.41, 5.74) is 6.69. The minimum Gasteiger partial charge on any atom is -0.452 e. The lowest BCUT2D eigenvalue weighted by atomic mass is 10.00. The number of imide groups is 1. The highest BCUT2D eigenvalue weighted by Gasteiger charge is 2.15. The highest BCUT2D eigenvalue weighted by molar-refractivity contribution is 5.99. The number of nitrogens with two attached hydrogens (primary N) is 1. The third-order valence-electron chi connectivity index (χ3n) is 2.83. The minimum atomic E-state index is -0.995. The molecule has 0 aromatic heterocycles. The first-order chi connectivity index (χ1) is 10.6. The molecule has 0 aliphatic heterocycles. The van der Waals surface area contributed by atoms with Gasteiger partial charge in [-0.1, -0.05) is 48.5 Å². The zero-order chi connectivity index (χ0) is 15.9. The summed E-state index contributed by atoms with van der Waals surface area (Å²) in [5, 5.41) is 1.82. The van der Waals surface area contributed by atoms with Crippen molar-refractivity contribution in [1.29, 1.82) is 0 Å². The standard InChI is InChI=1S/C16H14N2O4/c17-16(21)18-14(19)10-22-15(20)13-9-5-4-8-12(13)11-6-2-1-3-7-11/h1-9H,10H2,(H3,17,18,19,21). The molecule has 3 N–H and O–H groups in total. The zero-order valence-electron chi connectivity index (χ0n) is 11.6. The Morgan fingerprint density at radius 2 is 1.59 bits per heavy atom. The molecule has 3 amide bonds. The van der Waals surface area contributed by atoms with Gasteiger partial charge in [-0.05, 0) is 17.2 Å². The Balaban J connectivity index is 2.14. The van der Waals surface area contributed by atoms with Crippen LogP contribution < -0.4 is 11.1 Å². The molecule has 6 nitrogen and oxygen atoms in total. The normalized spacial score (nSPS) is 9.82. The molecule has 22 heavy (non-hydrogen) atoms. The van der Waals surface area contributed by atoms with Gasteiger partial charge < -0.3 is 10.5 Å². The van der Waals surface area contributed by atoms with E-state index in [2.05, 4.69) is 0 Å². The summed E-state index contributed by atoms with van der Waals surface area (Å²) in [6.07, 6.45) is 0. The van der Waals surface area contributed by atoms with Gasteiger partial charge in [0.1, 0.15) is 0 Å². The molecule has 0 heterocycles. The van der Waals surface area contributed by atoms with Gasteiger partial charge in [-0.25, -0.2) is 9.59 Å². The maximum atomic E-state index is 12.1. The largest absolute Gasteiger partial charge is 0.452 e. The number of carbonyl (C=O) groups is 3. The number of urea groups is 1. The van der Waals surface area contributed by atoms with Gasteiger partial charge in [0, 0.05) is 0 Å². The van der Waals surface area contributed by atoms with E-state index >= 15 is 0 Å². The maximum absolute atomic E-state index is 12.1.